The van der Waals surface area contributed by atoms with Crippen molar-refractivity contribution in [2.24, 2.45) is 11.8 Å². The first kappa shape index (κ1) is 17.0. The fourth-order valence-electron chi connectivity index (χ4n) is 3.32. The van der Waals surface area contributed by atoms with Crippen molar-refractivity contribution in [1.82, 2.24) is 0 Å². The Balaban J connectivity index is 1.77. The van der Waals surface area contributed by atoms with Gasteiger partial charge in [0.15, 0.2) is 0 Å². The second-order valence-electron chi connectivity index (χ2n) is 6.32. The van der Waals surface area contributed by atoms with Crippen LogP contribution < -0.4 is 10.1 Å². The minimum atomic E-state index is -0.814. The molecule has 5 nitrogen and oxygen atoms in total. The lowest BCUT2D eigenvalue weighted by molar-refractivity contribution is -0.141. The fraction of sp³-hybridized carbons (Fsp3) is 0.300. The van der Waals surface area contributed by atoms with Crippen LogP contribution in [0.1, 0.15) is 19.3 Å². The van der Waals surface area contributed by atoms with Crippen LogP contribution in [-0.2, 0) is 9.59 Å². The van der Waals surface area contributed by atoms with Gasteiger partial charge in [-0.2, -0.15) is 0 Å². The first-order valence-electron chi connectivity index (χ1n) is 8.35. The molecule has 1 aliphatic rings. The van der Waals surface area contributed by atoms with E-state index < -0.39 is 11.9 Å². The zero-order valence-electron chi connectivity index (χ0n) is 14.1. The third-order valence-electron chi connectivity index (χ3n) is 4.70. The van der Waals surface area contributed by atoms with Gasteiger partial charge in [0.2, 0.25) is 5.91 Å². The van der Waals surface area contributed by atoms with E-state index in [1.165, 1.54) is 0 Å². The number of hydrogen-bond acceptors (Lipinski definition) is 3. The highest BCUT2D eigenvalue weighted by atomic mass is 16.5. The van der Waals surface area contributed by atoms with Gasteiger partial charge in [-0.15, -0.1) is 0 Å². The van der Waals surface area contributed by atoms with Gasteiger partial charge in [-0.3, -0.25) is 9.59 Å². The van der Waals surface area contributed by atoms with Crippen molar-refractivity contribution in [2.45, 2.75) is 19.3 Å². The molecule has 0 radical (unpaired) electrons. The summed E-state index contributed by atoms with van der Waals surface area (Å²) in [5.41, 5.74) is 2.58. The number of nitrogens with one attached hydrogen (secondary N) is 1. The molecule has 0 spiro atoms. The van der Waals surface area contributed by atoms with Crippen LogP contribution in [0.2, 0.25) is 0 Å². The lowest BCUT2D eigenvalue weighted by Gasteiger charge is -2.14. The Labute approximate surface area is 146 Å². The number of benzene rings is 2. The molecule has 0 bridgehead atoms. The molecule has 0 saturated heterocycles. The van der Waals surface area contributed by atoms with Gasteiger partial charge in [0, 0.05) is 17.2 Å². The van der Waals surface area contributed by atoms with Gasteiger partial charge in [-0.1, -0.05) is 30.3 Å². The van der Waals surface area contributed by atoms with E-state index in [1.54, 1.807) is 13.2 Å². The highest BCUT2D eigenvalue weighted by molar-refractivity contribution is 5.94. The van der Waals surface area contributed by atoms with Crippen molar-refractivity contribution < 1.29 is 19.4 Å². The summed E-state index contributed by atoms with van der Waals surface area (Å²) < 4.78 is 5.42. The fourth-order valence-corrected chi connectivity index (χ4v) is 3.32. The summed E-state index contributed by atoms with van der Waals surface area (Å²) >= 11 is 0. The highest BCUT2D eigenvalue weighted by Crippen LogP contribution is 2.34. The Morgan fingerprint density at radius 3 is 2.44 bits per heavy atom. The van der Waals surface area contributed by atoms with Crippen LogP contribution in [0.5, 0.6) is 5.75 Å². The molecule has 1 fully saturated rings. The van der Waals surface area contributed by atoms with E-state index in [0.29, 0.717) is 24.9 Å². The lowest BCUT2D eigenvalue weighted by Crippen LogP contribution is -2.21. The van der Waals surface area contributed by atoms with E-state index in [2.05, 4.69) is 5.32 Å². The highest BCUT2D eigenvalue weighted by Gasteiger charge is 2.33. The summed E-state index contributed by atoms with van der Waals surface area (Å²) in [4.78, 5) is 23.5. The van der Waals surface area contributed by atoms with Gasteiger partial charge in [0.1, 0.15) is 5.75 Å². The topological polar surface area (TPSA) is 75.6 Å². The molecule has 3 rings (SSSR count). The van der Waals surface area contributed by atoms with Crippen LogP contribution in [0.25, 0.3) is 11.1 Å². The van der Waals surface area contributed by atoms with Crippen LogP contribution in [0.4, 0.5) is 5.69 Å². The van der Waals surface area contributed by atoms with Gasteiger partial charge in [0.25, 0.3) is 0 Å². The maximum absolute atomic E-state index is 12.4. The minimum Gasteiger partial charge on any atom is -0.496 e. The Morgan fingerprint density at radius 1 is 1.08 bits per heavy atom. The molecule has 130 valence electrons. The summed E-state index contributed by atoms with van der Waals surface area (Å²) in [6.07, 6.45) is 1.58. The molecule has 25 heavy (non-hydrogen) atoms. The number of rotatable bonds is 5. The monoisotopic (exact) mass is 339 g/mol. The molecule has 5 heteroatoms. The number of methoxy groups -OCH3 is 1. The number of aliphatic carboxylic acids is 1. The predicted molar refractivity (Wildman–Crippen MR) is 95.5 cm³/mol. The van der Waals surface area contributed by atoms with E-state index in [0.717, 1.165) is 16.9 Å². The molecule has 0 heterocycles. The summed E-state index contributed by atoms with van der Waals surface area (Å²) in [5.74, 6) is -0.857. The van der Waals surface area contributed by atoms with E-state index in [1.807, 2.05) is 42.5 Å². The normalized spacial score (nSPS) is 19.4. The summed E-state index contributed by atoms with van der Waals surface area (Å²) in [6.45, 7) is 0. The Kier molecular flexibility index (Phi) is 5.03. The van der Waals surface area contributed by atoms with Crippen molar-refractivity contribution in [1.29, 1.82) is 0 Å². The summed E-state index contributed by atoms with van der Waals surface area (Å²) in [7, 11) is 1.62. The molecule has 1 saturated carbocycles. The van der Waals surface area contributed by atoms with Crippen LogP contribution in [0.15, 0.2) is 48.5 Å². The predicted octanol–water partition coefficient (Wildman–Crippen LogP) is 3.80. The Bertz CT molecular complexity index is 773. The standard InChI is InChI=1S/C20H21NO4/c1-25-18-10-9-16(12-17(18)13-5-3-2-4-6-13)21-19(22)14-7-8-15(11-14)20(23)24/h2-6,9-10,12,14-15H,7-8,11H2,1H3,(H,21,22)(H,23,24)/t14-,15+/m1/s1. The number of carbonyl (C=O) groups excluding carboxylic acids is 1. The van der Waals surface area contributed by atoms with E-state index in [-0.39, 0.29) is 11.8 Å². The molecule has 2 aromatic carbocycles. The SMILES string of the molecule is COc1ccc(NC(=O)[C@@H]2CC[C@H](C(=O)O)C2)cc1-c1ccccc1. The summed E-state index contributed by atoms with van der Waals surface area (Å²) in [5, 5.41) is 12.0. The number of carboxylic acid groups (broad SMARTS) is 1. The third kappa shape index (κ3) is 3.82. The zero-order valence-corrected chi connectivity index (χ0v) is 14.1. The zero-order chi connectivity index (χ0) is 17.8. The van der Waals surface area contributed by atoms with Gasteiger partial charge >= 0.3 is 5.97 Å². The Hall–Kier alpha value is -2.82. The minimum absolute atomic E-state index is 0.118. The average Bonchev–Trinajstić information content (AvgIpc) is 3.13. The largest absolute Gasteiger partial charge is 0.496 e. The smallest absolute Gasteiger partial charge is 0.306 e. The number of anilines is 1. The van der Waals surface area contributed by atoms with Crippen molar-refractivity contribution >= 4 is 17.6 Å². The molecule has 1 amide bonds. The first-order valence-corrected chi connectivity index (χ1v) is 8.35. The second kappa shape index (κ2) is 7.38. The quantitative estimate of drug-likeness (QED) is 0.869. The van der Waals surface area contributed by atoms with Crippen molar-refractivity contribution in [3.05, 3.63) is 48.5 Å². The number of hydrogen-bond donors (Lipinski definition) is 2. The maximum Gasteiger partial charge on any atom is 0.306 e. The van der Waals surface area contributed by atoms with E-state index in [9.17, 15) is 9.59 Å². The number of carboxylic acids is 1. The molecule has 2 aromatic rings. The first-order chi connectivity index (χ1) is 12.1. The van der Waals surface area contributed by atoms with Crippen LogP contribution in [0.3, 0.4) is 0 Å². The molecule has 1 aliphatic carbocycles. The lowest BCUT2D eigenvalue weighted by atomic mass is 10.0. The van der Waals surface area contributed by atoms with Crippen LogP contribution >= 0.6 is 0 Å². The molecule has 0 aliphatic heterocycles. The van der Waals surface area contributed by atoms with Crippen molar-refractivity contribution in [2.75, 3.05) is 12.4 Å². The van der Waals surface area contributed by atoms with E-state index >= 15 is 0 Å². The van der Waals surface area contributed by atoms with Crippen molar-refractivity contribution in [3.8, 4) is 16.9 Å². The molecular weight excluding hydrogens is 318 g/mol. The average molecular weight is 339 g/mol. The Morgan fingerprint density at radius 2 is 1.80 bits per heavy atom. The van der Waals surface area contributed by atoms with Gasteiger partial charge < -0.3 is 15.2 Å². The van der Waals surface area contributed by atoms with Crippen LogP contribution in [0, 0.1) is 11.8 Å². The third-order valence-corrected chi connectivity index (χ3v) is 4.70. The number of carbonyl (C=O) groups is 2. The summed E-state index contributed by atoms with van der Waals surface area (Å²) in [6, 6.07) is 15.3. The maximum atomic E-state index is 12.4. The molecule has 0 unspecified atom stereocenters. The molecule has 0 aromatic heterocycles. The number of amides is 1. The van der Waals surface area contributed by atoms with Crippen molar-refractivity contribution in [3.63, 3.8) is 0 Å². The molecular formula is C20H21NO4. The second-order valence-corrected chi connectivity index (χ2v) is 6.32. The number of ether oxygens (including phenoxy) is 1. The molecule has 2 atom stereocenters. The molecule has 2 N–H and O–H groups in total. The van der Waals surface area contributed by atoms with Gasteiger partial charge in [-0.05, 0) is 43.0 Å². The van der Waals surface area contributed by atoms with Crippen LogP contribution in [-0.4, -0.2) is 24.1 Å². The van der Waals surface area contributed by atoms with Gasteiger partial charge in [-0.25, -0.2) is 0 Å². The van der Waals surface area contributed by atoms with E-state index in [4.69, 9.17) is 9.84 Å². The van der Waals surface area contributed by atoms with Gasteiger partial charge in [0.05, 0.1) is 13.0 Å².